The van der Waals surface area contributed by atoms with E-state index in [-0.39, 0.29) is 22.9 Å². The summed E-state index contributed by atoms with van der Waals surface area (Å²) < 4.78 is 29.5. The van der Waals surface area contributed by atoms with Crippen molar-refractivity contribution in [1.29, 1.82) is 0 Å². The molecule has 8 heteroatoms. The topological polar surface area (TPSA) is 75.5 Å². The fraction of sp³-hybridized carbons (Fsp3) is 0.500. The van der Waals surface area contributed by atoms with Crippen molar-refractivity contribution < 1.29 is 13.2 Å². The number of imidazole rings is 1. The van der Waals surface area contributed by atoms with Crippen LogP contribution in [0.25, 0.3) is 0 Å². The van der Waals surface area contributed by atoms with Gasteiger partial charge in [0.1, 0.15) is 5.82 Å². The molecule has 2 atom stereocenters. The standard InChI is InChI=1S/C20H26N4O3S/c1-15-21-19(14-22(15)2)28(26,27)23-12-17-9-6-10-20(25)24(18(17)13-23)11-16-7-4-3-5-8-16/h3-5,7-8,14,17-18H,6,9-13H2,1-2H3/t17-,18+/m1/s1. The second-order valence-corrected chi connectivity index (χ2v) is 9.67. The van der Waals surface area contributed by atoms with E-state index in [0.29, 0.717) is 31.9 Å². The summed E-state index contributed by atoms with van der Waals surface area (Å²) in [5.41, 5.74) is 1.07. The molecule has 1 aromatic carbocycles. The Hall–Kier alpha value is -2.19. The minimum absolute atomic E-state index is 0.0879. The van der Waals surface area contributed by atoms with Gasteiger partial charge in [0.25, 0.3) is 10.0 Å². The summed E-state index contributed by atoms with van der Waals surface area (Å²) in [5.74, 6) is 0.937. The van der Waals surface area contributed by atoms with E-state index < -0.39 is 10.0 Å². The first-order valence-electron chi connectivity index (χ1n) is 9.70. The number of likely N-dealkylation sites (tertiary alicyclic amines) is 1. The van der Waals surface area contributed by atoms with Crippen molar-refractivity contribution in [2.75, 3.05) is 13.1 Å². The molecule has 150 valence electrons. The fourth-order valence-corrected chi connectivity index (χ4v) is 5.80. The normalized spacial score (nSPS) is 23.6. The van der Waals surface area contributed by atoms with Gasteiger partial charge in [-0.05, 0) is 31.2 Å². The van der Waals surface area contributed by atoms with Gasteiger partial charge < -0.3 is 9.47 Å². The first-order valence-corrected chi connectivity index (χ1v) is 11.1. The van der Waals surface area contributed by atoms with Gasteiger partial charge in [0.15, 0.2) is 5.03 Å². The number of sulfonamides is 1. The lowest BCUT2D eigenvalue weighted by Gasteiger charge is -2.30. The summed E-state index contributed by atoms with van der Waals surface area (Å²) >= 11 is 0. The number of benzene rings is 1. The monoisotopic (exact) mass is 402 g/mol. The summed E-state index contributed by atoms with van der Waals surface area (Å²) in [6.45, 7) is 3.09. The summed E-state index contributed by atoms with van der Waals surface area (Å²) in [7, 11) is -1.87. The number of nitrogens with zero attached hydrogens (tertiary/aromatic N) is 4. The molecule has 2 saturated heterocycles. The Labute approximate surface area is 166 Å². The molecule has 0 bridgehead atoms. The second-order valence-electron chi connectivity index (χ2n) is 7.79. The molecule has 28 heavy (non-hydrogen) atoms. The zero-order chi connectivity index (χ0) is 19.9. The van der Waals surface area contributed by atoms with Crippen LogP contribution >= 0.6 is 0 Å². The number of aromatic nitrogens is 2. The van der Waals surface area contributed by atoms with Crippen molar-refractivity contribution in [2.45, 2.75) is 43.8 Å². The van der Waals surface area contributed by atoms with Gasteiger partial charge in [0, 0.05) is 45.3 Å². The van der Waals surface area contributed by atoms with Crippen LogP contribution < -0.4 is 0 Å². The highest BCUT2D eigenvalue weighted by atomic mass is 32.2. The highest BCUT2D eigenvalue weighted by Crippen LogP contribution is 2.34. The number of amides is 1. The largest absolute Gasteiger partial charge is 0.337 e. The lowest BCUT2D eigenvalue weighted by atomic mass is 9.98. The van der Waals surface area contributed by atoms with Gasteiger partial charge in [0.2, 0.25) is 5.91 Å². The number of hydrogen-bond acceptors (Lipinski definition) is 4. The molecule has 0 N–H and O–H groups in total. The van der Waals surface area contributed by atoms with Crippen LogP contribution in [0.3, 0.4) is 0 Å². The van der Waals surface area contributed by atoms with Crippen LogP contribution in [0.4, 0.5) is 0 Å². The number of fused-ring (bicyclic) bond motifs is 1. The van der Waals surface area contributed by atoms with Crippen LogP contribution in [0.5, 0.6) is 0 Å². The van der Waals surface area contributed by atoms with Crippen LogP contribution in [0.1, 0.15) is 30.7 Å². The number of hydrogen-bond donors (Lipinski definition) is 0. The van der Waals surface area contributed by atoms with Crippen molar-refractivity contribution in [3.8, 4) is 0 Å². The average molecular weight is 403 g/mol. The first-order chi connectivity index (χ1) is 13.4. The second kappa shape index (κ2) is 7.33. The smallest absolute Gasteiger partial charge is 0.262 e. The van der Waals surface area contributed by atoms with Gasteiger partial charge in [-0.25, -0.2) is 13.4 Å². The molecular weight excluding hydrogens is 376 g/mol. The van der Waals surface area contributed by atoms with E-state index in [1.54, 1.807) is 24.7 Å². The molecule has 4 rings (SSSR count). The van der Waals surface area contributed by atoms with E-state index in [0.717, 1.165) is 18.4 Å². The van der Waals surface area contributed by atoms with Crippen LogP contribution in [0.2, 0.25) is 0 Å². The molecule has 2 aliphatic heterocycles. The highest BCUT2D eigenvalue weighted by molar-refractivity contribution is 7.89. The Balaban J connectivity index is 1.60. The maximum Gasteiger partial charge on any atom is 0.262 e. The summed E-state index contributed by atoms with van der Waals surface area (Å²) in [6.07, 6.45) is 3.77. The van der Waals surface area contributed by atoms with Crippen LogP contribution in [0.15, 0.2) is 41.6 Å². The maximum absolute atomic E-state index is 13.1. The Bertz CT molecular complexity index is 951. The minimum atomic E-state index is -3.66. The van der Waals surface area contributed by atoms with E-state index in [2.05, 4.69) is 4.98 Å². The number of carbonyl (C=O) groups is 1. The fourth-order valence-electron chi connectivity index (χ4n) is 4.26. The van der Waals surface area contributed by atoms with E-state index in [1.165, 1.54) is 4.31 Å². The Kier molecular flexibility index (Phi) is 5.01. The first kappa shape index (κ1) is 19.1. The highest BCUT2D eigenvalue weighted by Gasteiger charge is 2.45. The van der Waals surface area contributed by atoms with E-state index >= 15 is 0 Å². The number of carbonyl (C=O) groups excluding carboxylic acids is 1. The SMILES string of the molecule is Cc1nc(S(=O)(=O)N2C[C@H]3CCCC(=O)N(Cc4ccccc4)[C@H]3C2)cn1C. The van der Waals surface area contributed by atoms with E-state index in [9.17, 15) is 13.2 Å². The lowest BCUT2D eigenvalue weighted by molar-refractivity contribution is -0.133. The third kappa shape index (κ3) is 3.46. The molecule has 2 fully saturated rings. The summed E-state index contributed by atoms with van der Waals surface area (Å²) in [5, 5.41) is 0.0879. The molecule has 7 nitrogen and oxygen atoms in total. The van der Waals surface area contributed by atoms with Crippen molar-refractivity contribution in [3.05, 3.63) is 47.9 Å². The van der Waals surface area contributed by atoms with Crippen molar-refractivity contribution in [1.82, 2.24) is 18.8 Å². The zero-order valence-corrected chi connectivity index (χ0v) is 17.1. The molecule has 2 aromatic rings. The predicted molar refractivity (Wildman–Crippen MR) is 105 cm³/mol. The minimum Gasteiger partial charge on any atom is -0.337 e. The maximum atomic E-state index is 13.1. The summed E-state index contributed by atoms with van der Waals surface area (Å²) in [6, 6.07) is 9.80. The molecule has 0 spiro atoms. The third-order valence-corrected chi connectivity index (χ3v) is 7.65. The zero-order valence-electron chi connectivity index (χ0n) is 16.3. The number of rotatable bonds is 4. The van der Waals surface area contributed by atoms with Crippen molar-refractivity contribution >= 4 is 15.9 Å². The van der Waals surface area contributed by atoms with E-state index in [1.807, 2.05) is 35.2 Å². The quantitative estimate of drug-likeness (QED) is 0.783. The molecule has 0 unspecified atom stereocenters. The lowest BCUT2D eigenvalue weighted by Crippen LogP contribution is -2.43. The Morgan fingerprint density at radius 1 is 1.18 bits per heavy atom. The molecule has 1 amide bonds. The van der Waals surface area contributed by atoms with Crippen molar-refractivity contribution in [2.24, 2.45) is 13.0 Å². The third-order valence-electron chi connectivity index (χ3n) is 5.95. The van der Waals surface area contributed by atoms with Crippen LogP contribution in [-0.2, 0) is 28.4 Å². The molecule has 3 heterocycles. The van der Waals surface area contributed by atoms with Crippen LogP contribution in [-0.4, -0.2) is 52.2 Å². The van der Waals surface area contributed by atoms with Crippen molar-refractivity contribution in [3.63, 3.8) is 0 Å². The molecule has 0 saturated carbocycles. The van der Waals surface area contributed by atoms with Gasteiger partial charge in [-0.15, -0.1) is 0 Å². The molecule has 0 radical (unpaired) electrons. The molecule has 0 aliphatic carbocycles. The average Bonchev–Trinajstić information content (AvgIpc) is 3.21. The summed E-state index contributed by atoms with van der Waals surface area (Å²) in [4.78, 5) is 18.9. The van der Waals surface area contributed by atoms with Crippen LogP contribution in [0, 0.1) is 12.8 Å². The Morgan fingerprint density at radius 2 is 1.93 bits per heavy atom. The number of aryl methyl sites for hydroxylation is 2. The van der Waals surface area contributed by atoms with Gasteiger partial charge in [0.05, 0.1) is 0 Å². The van der Waals surface area contributed by atoms with E-state index in [4.69, 9.17) is 0 Å². The van der Waals surface area contributed by atoms with Gasteiger partial charge >= 0.3 is 0 Å². The molecule has 1 aromatic heterocycles. The molecular formula is C20H26N4O3S. The predicted octanol–water partition coefficient (Wildman–Crippen LogP) is 1.93. The molecule has 2 aliphatic rings. The van der Waals surface area contributed by atoms with Gasteiger partial charge in [-0.3, -0.25) is 4.79 Å². The van der Waals surface area contributed by atoms with Gasteiger partial charge in [-0.1, -0.05) is 30.3 Å². The Morgan fingerprint density at radius 3 is 2.61 bits per heavy atom. The van der Waals surface area contributed by atoms with Gasteiger partial charge in [-0.2, -0.15) is 4.31 Å².